The highest BCUT2D eigenvalue weighted by molar-refractivity contribution is 5.73. The molecule has 0 saturated carbocycles. The van der Waals surface area contributed by atoms with Crippen LogP contribution < -0.4 is 5.32 Å². The fourth-order valence-electron chi connectivity index (χ4n) is 1.91. The second-order valence-electron chi connectivity index (χ2n) is 4.18. The van der Waals surface area contributed by atoms with Crippen molar-refractivity contribution in [3.8, 4) is 0 Å². The molecule has 0 spiro atoms. The zero-order valence-electron chi connectivity index (χ0n) is 9.16. The van der Waals surface area contributed by atoms with Gasteiger partial charge in [-0.3, -0.25) is 0 Å². The standard InChI is InChI=1S/C12H16N2O/c1-14(2)12(15)13-8-10-7-9-5-3-4-6-11(9)10/h3-6,10H,7-8H2,1-2H3,(H,13,15). The van der Waals surface area contributed by atoms with Crippen molar-refractivity contribution >= 4 is 6.03 Å². The van der Waals surface area contributed by atoms with Gasteiger partial charge in [-0.1, -0.05) is 24.3 Å². The minimum atomic E-state index is -0.0145. The van der Waals surface area contributed by atoms with E-state index in [1.165, 1.54) is 11.1 Å². The number of urea groups is 1. The number of rotatable bonds is 2. The number of nitrogens with one attached hydrogen (secondary N) is 1. The average Bonchev–Trinajstić information content (AvgIpc) is 2.19. The smallest absolute Gasteiger partial charge is 0.316 e. The second kappa shape index (κ2) is 3.93. The van der Waals surface area contributed by atoms with E-state index >= 15 is 0 Å². The van der Waals surface area contributed by atoms with Crippen molar-refractivity contribution in [2.45, 2.75) is 12.3 Å². The van der Waals surface area contributed by atoms with E-state index in [4.69, 9.17) is 0 Å². The summed E-state index contributed by atoms with van der Waals surface area (Å²) in [6.07, 6.45) is 1.09. The average molecular weight is 204 g/mol. The fourth-order valence-corrected chi connectivity index (χ4v) is 1.91. The highest BCUT2D eigenvalue weighted by atomic mass is 16.2. The summed E-state index contributed by atoms with van der Waals surface area (Å²) in [7, 11) is 3.51. The minimum Gasteiger partial charge on any atom is -0.337 e. The van der Waals surface area contributed by atoms with E-state index in [9.17, 15) is 4.79 Å². The zero-order valence-corrected chi connectivity index (χ0v) is 9.16. The van der Waals surface area contributed by atoms with Crippen LogP contribution in [0.3, 0.4) is 0 Å². The van der Waals surface area contributed by atoms with Crippen LogP contribution in [0.2, 0.25) is 0 Å². The number of carbonyl (C=O) groups excluding carboxylic acids is 1. The Morgan fingerprint density at radius 2 is 2.20 bits per heavy atom. The fraction of sp³-hybridized carbons (Fsp3) is 0.417. The van der Waals surface area contributed by atoms with Crippen LogP contribution in [0.4, 0.5) is 4.79 Å². The number of nitrogens with zero attached hydrogens (tertiary/aromatic N) is 1. The monoisotopic (exact) mass is 204 g/mol. The summed E-state index contributed by atoms with van der Waals surface area (Å²) in [6.45, 7) is 0.744. The number of hydrogen-bond donors (Lipinski definition) is 1. The van der Waals surface area contributed by atoms with Crippen LogP contribution in [0.1, 0.15) is 17.0 Å². The quantitative estimate of drug-likeness (QED) is 0.779. The molecule has 0 aliphatic heterocycles. The highest BCUT2D eigenvalue weighted by Crippen LogP contribution is 2.33. The molecule has 80 valence electrons. The van der Waals surface area contributed by atoms with Crippen LogP contribution in [0, 0.1) is 0 Å². The Balaban J connectivity index is 1.88. The Labute approximate surface area is 90.1 Å². The maximum Gasteiger partial charge on any atom is 0.316 e. The van der Waals surface area contributed by atoms with Gasteiger partial charge in [0.25, 0.3) is 0 Å². The molecule has 2 rings (SSSR count). The van der Waals surface area contributed by atoms with Crippen LogP contribution >= 0.6 is 0 Å². The third-order valence-corrected chi connectivity index (χ3v) is 2.87. The van der Waals surface area contributed by atoms with Gasteiger partial charge >= 0.3 is 6.03 Å². The van der Waals surface area contributed by atoms with Gasteiger partial charge in [-0.25, -0.2) is 4.79 Å². The molecule has 1 N–H and O–H groups in total. The number of amides is 2. The Kier molecular flexibility index (Phi) is 2.62. The lowest BCUT2D eigenvalue weighted by atomic mass is 9.78. The van der Waals surface area contributed by atoms with E-state index in [1.807, 2.05) is 0 Å². The van der Waals surface area contributed by atoms with Gasteiger partial charge in [0.05, 0.1) is 0 Å². The SMILES string of the molecule is CN(C)C(=O)NCC1Cc2ccccc21. The van der Waals surface area contributed by atoms with Gasteiger partial charge in [0.2, 0.25) is 0 Å². The summed E-state index contributed by atoms with van der Waals surface area (Å²) in [5.74, 6) is 0.505. The zero-order chi connectivity index (χ0) is 10.8. The van der Waals surface area contributed by atoms with E-state index in [0.717, 1.165) is 13.0 Å². The Morgan fingerprint density at radius 1 is 1.47 bits per heavy atom. The molecule has 0 saturated heterocycles. The third-order valence-electron chi connectivity index (χ3n) is 2.87. The van der Waals surface area contributed by atoms with Crippen LogP contribution in [-0.4, -0.2) is 31.6 Å². The van der Waals surface area contributed by atoms with Gasteiger partial charge in [-0.2, -0.15) is 0 Å². The molecule has 0 aromatic heterocycles. The van der Waals surface area contributed by atoms with Crippen molar-refractivity contribution in [1.29, 1.82) is 0 Å². The molecule has 1 unspecified atom stereocenters. The summed E-state index contributed by atoms with van der Waals surface area (Å²) in [4.78, 5) is 12.9. The van der Waals surface area contributed by atoms with Crippen molar-refractivity contribution in [2.24, 2.45) is 0 Å². The molecule has 0 heterocycles. The lowest BCUT2D eigenvalue weighted by Crippen LogP contribution is -2.39. The second-order valence-corrected chi connectivity index (χ2v) is 4.18. The first-order valence-electron chi connectivity index (χ1n) is 5.21. The van der Waals surface area contributed by atoms with Crippen molar-refractivity contribution in [3.05, 3.63) is 35.4 Å². The van der Waals surface area contributed by atoms with E-state index in [1.54, 1.807) is 19.0 Å². The van der Waals surface area contributed by atoms with Gasteiger partial charge in [0, 0.05) is 26.6 Å². The molecule has 3 nitrogen and oxygen atoms in total. The number of benzene rings is 1. The maximum atomic E-state index is 11.3. The predicted octanol–water partition coefficient (Wildman–Crippen LogP) is 1.60. The predicted molar refractivity (Wildman–Crippen MR) is 60.0 cm³/mol. The Bertz CT molecular complexity index is 374. The van der Waals surface area contributed by atoms with E-state index in [-0.39, 0.29) is 6.03 Å². The molecular formula is C12H16N2O. The first kappa shape index (κ1) is 10.0. The third kappa shape index (κ3) is 1.96. The van der Waals surface area contributed by atoms with Crippen molar-refractivity contribution in [1.82, 2.24) is 10.2 Å². The molecule has 2 amide bonds. The van der Waals surface area contributed by atoms with Crippen LogP contribution in [0.25, 0.3) is 0 Å². The molecule has 0 bridgehead atoms. The van der Waals surface area contributed by atoms with Crippen molar-refractivity contribution in [2.75, 3.05) is 20.6 Å². The normalized spacial score (nSPS) is 17.6. The summed E-state index contributed by atoms with van der Waals surface area (Å²) < 4.78 is 0. The van der Waals surface area contributed by atoms with Crippen molar-refractivity contribution in [3.63, 3.8) is 0 Å². The molecule has 1 aromatic carbocycles. The molecule has 1 aromatic rings. The molecule has 3 heteroatoms. The molecule has 0 radical (unpaired) electrons. The van der Waals surface area contributed by atoms with Crippen molar-refractivity contribution < 1.29 is 4.79 Å². The van der Waals surface area contributed by atoms with E-state index in [2.05, 4.69) is 29.6 Å². The van der Waals surface area contributed by atoms with E-state index < -0.39 is 0 Å². The molecule has 1 atom stereocenters. The Hall–Kier alpha value is -1.51. The van der Waals surface area contributed by atoms with Crippen LogP contribution in [-0.2, 0) is 6.42 Å². The Morgan fingerprint density at radius 3 is 2.87 bits per heavy atom. The van der Waals surface area contributed by atoms with Gasteiger partial charge in [-0.05, 0) is 17.5 Å². The van der Waals surface area contributed by atoms with Gasteiger partial charge < -0.3 is 10.2 Å². The summed E-state index contributed by atoms with van der Waals surface area (Å²) >= 11 is 0. The van der Waals surface area contributed by atoms with Crippen LogP contribution in [0.5, 0.6) is 0 Å². The van der Waals surface area contributed by atoms with E-state index in [0.29, 0.717) is 5.92 Å². The lowest BCUT2D eigenvalue weighted by molar-refractivity contribution is 0.216. The van der Waals surface area contributed by atoms with Gasteiger partial charge in [0.1, 0.15) is 0 Å². The van der Waals surface area contributed by atoms with Gasteiger partial charge in [-0.15, -0.1) is 0 Å². The van der Waals surface area contributed by atoms with Crippen LogP contribution in [0.15, 0.2) is 24.3 Å². The molecule has 15 heavy (non-hydrogen) atoms. The molecule has 1 aliphatic rings. The first-order chi connectivity index (χ1) is 7.18. The highest BCUT2D eigenvalue weighted by Gasteiger charge is 2.25. The minimum absolute atomic E-state index is 0.0145. The first-order valence-corrected chi connectivity index (χ1v) is 5.21. The largest absolute Gasteiger partial charge is 0.337 e. The number of carbonyl (C=O) groups is 1. The summed E-state index contributed by atoms with van der Waals surface area (Å²) in [5, 5.41) is 2.91. The molecule has 1 aliphatic carbocycles. The molecular weight excluding hydrogens is 188 g/mol. The van der Waals surface area contributed by atoms with Gasteiger partial charge in [0.15, 0.2) is 0 Å². The molecule has 0 fully saturated rings. The lowest BCUT2D eigenvalue weighted by Gasteiger charge is -2.30. The number of fused-ring (bicyclic) bond motifs is 1. The summed E-state index contributed by atoms with van der Waals surface area (Å²) in [5.41, 5.74) is 2.80. The maximum absolute atomic E-state index is 11.3. The number of hydrogen-bond acceptors (Lipinski definition) is 1. The summed E-state index contributed by atoms with van der Waals surface area (Å²) in [6, 6.07) is 8.40. The topological polar surface area (TPSA) is 32.3 Å².